The third-order valence-corrected chi connectivity index (χ3v) is 5.34. The minimum atomic E-state index is -0.731. The van der Waals surface area contributed by atoms with Crippen LogP contribution < -0.4 is 5.73 Å². The Morgan fingerprint density at radius 2 is 2.09 bits per heavy atom. The Bertz CT molecular complexity index is 770. The van der Waals surface area contributed by atoms with Gasteiger partial charge in [0.05, 0.1) is 13.2 Å². The molecule has 23 heavy (non-hydrogen) atoms. The van der Waals surface area contributed by atoms with E-state index in [-0.39, 0.29) is 11.7 Å². The van der Waals surface area contributed by atoms with Crippen LogP contribution in [0.15, 0.2) is 41.9 Å². The van der Waals surface area contributed by atoms with Gasteiger partial charge in [-0.1, -0.05) is 17.8 Å². The summed E-state index contributed by atoms with van der Waals surface area (Å²) in [5, 5.41) is 0.486. The summed E-state index contributed by atoms with van der Waals surface area (Å²) in [6.07, 6.45) is 4.88. The second-order valence-electron chi connectivity index (χ2n) is 5.72. The maximum Gasteiger partial charge on any atom is 0.154 e. The summed E-state index contributed by atoms with van der Waals surface area (Å²) < 4.78 is 20.3. The molecule has 2 aliphatic heterocycles. The molecule has 1 saturated heterocycles. The van der Waals surface area contributed by atoms with Crippen molar-refractivity contribution in [2.45, 2.75) is 5.54 Å². The van der Waals surface area contributed by atoms with E-state index >= 15 is 0 Å². The lowest BCUT2D eigenvalue weighted by atomic mass is 9.80. The van der Waals surface area contributed by atoms with Crippen molar-refractivity contribution >= 4 is 16.9 Å². The van der Waals surface area contributed by atoms with Crippen LogP contribution in [0.5, 0.6) is 0 Å². The predicted octanol–water partition coefficient (Wildman–Crippen LogP) is 2.19. The van der Waals surface area contributed by atoms with Crippen molar-refractivity contribution in [2.75, 3.05) is 19.0 Å². The number of benzene rings is 1. The number of amidine groups is 1. The normalized spacial score (nSPS) is 26.7. The van der Waals surface area contributed by atoms with Crippen molar-refractivity contribution in [3.05, 3.63) is 48.3 Å². The van der Waals surface area contributed by atoms with Crippen molar-refractivity contribution in [1.82, 2.24) is 9.97 Å². The van der Waals surface area contributed by atoms with E-state index in [1.807, 2.05) is 6.07 Å². The van der Waals surface area contributed by atoms with Gasteiger partial charge in [-0.05, 0) is 17.7 Å². The van der Waals surface area contributed by atoms with Crippen LogP contribution in [0.3, 0.4) is 0 Å². The maximum absolute atomic E-state index is 14.6. The van der Waals surface area contributed by atoms with Crippen LogP contribution in [0.2, 0.25) is 0 Å². The largest absolute Gasteiger partial charge is 0.379 e. The van der Waals surface area contributed by atoms with E-state index in [1.54, 1.807) is 18.5 Å². The molecular formula is C16H15FN4OS. The topological polar surface area (TPSA) is 73.4 Å². The molecule has 3 heterocycles. The Labute approximate surface area is 137 Å². The first-order valence-corrected chi connectivity index (χ1v) is 8.29. The van der Waals surface area contributed by atoms with Crippen LogP contribution in [0.1, 0.15) is 5.56 Å². The number of ether oxygens (including phenoxy) is 1. The molecule has 0 spiro atoms. The Hall–Kier alpha value is -1.99. The van der Waals surface area contributed by atoms with Gasteiger partial charge in [0.15, 0.2) is 5.17 Å². The van der Waals surface area contributed by atoms with Crippen molar-refractivity contribution in [3.8, 4) is 11.1 Å². The van der Waals surface area contributed by atoms with Gasteiger partial charge >= 0.3 is 0 Å². The van der Waals surface area contributed by atoms with Crippen LogP contribution in [-0.2, 0) is 10.3 Å². The second kappa shape index (κ2) is 5.58. The summed E-state index contributed by atoms with van der Waals surface area (Å²) in [6, 6.07) is 5.02. The highest BCUT2D eigenvalue weighted by molar-refractivity contribution is 8.13. The molecule has 0 aliphatic carbocycles. The number of hydrogen-bond acceptors (Lipinski definition) is 6. The molecule has 118 valence electrons. The number of nitrogens with two attached hydrogens (primary N) is 1. The molecule has 5 nitrogen and oxygen atoms in total. The van der Waals surface area contributed by atoms with Crippen molar-refractivity contribution in [2.24, 2.45) is 16.6 Å². The summed E-state index contributed by atoms with van der Waals surface area (Å²) in [4.78, 5) is 12.6. The second-order valence-corrected chi connectivity index (χ2v) is 6.76. The molecule has 2 atom stereocenters. The van der Waals surface area contributed by atoms with Gasteiger partial charge in [0.2, 0.25) is 0 Å². The summed E-state index contributed by atoms with van der Waals surface area (Å²) in [5.74, 6) is 0.620. The number of hydrogen-bond donors (Lipinski definition) is 1. The standard InChI is InChI=1S/C16H15FN4OS/c17-14-2-1-10(11-4-19-9-20-5-11)3-13(14)16-8-22-6-12(16)7-23-15(18)21-16/h1-5,9,12H,6-8H2,(H2,18,21)/t12-,16-/m1/s1. The number of halogens is 1. The average molecular weight is 330 g/mol. The van der Waals surface area contributed by atoms with Gasteiger partial charge in [-0.3, -0.25) is 0 Å². The molecule has 7 heteroatoms. The van der Waals surface area contributed by atoms with Crippen LogP contribution in [0.25, 0.3) is 11.1 Å². The number of aliphatic imine (C=N–C) groups is 1. The van der Waals surface area contributed by atoms with E-state index in [0.29, 0.717) is 23.9 Å². The summed E-state index contributed by atoms with van der Waals surface area (Å²) >= 11 is 1.50. The molecule has 2 aromatic rings. The minimum Gasteiger partial charge on any atom is -0.379 e. The number of rotatable bonds is 2. The summed E-state index contributed by atoms with van der Waals surface area (Å²) in [6.45, 7) is 0.923. The van der Waals surface area contributed by atoms with Crippen LogP contribution in [0, 0.1) is 11.7 Å². The van der Waals surface area contributed by atoms with Crippen LogP contribution in [-0.4, -0.2) is 34.1 Å². The molecular weight excluding hydrogens is 315 g/mol. The zero-order valence-corrected chi connectivity index (χ0v) is 13.1. The van der Waals surface area contributed by atoms with Gasteiger partial charge in [-0.15, -0.1) is 0 Å². The van der Waals surface area contributed by atoms with Gasteiger partial charge in [-0.25, -0.2) is 19.4 Å². The Balaban J connectivity index is 1.86. The zero-order chi connectivity index (χ0) is 15.9. The fourth-order valence-corrected chi connectivity index (χ4v) is 4.15. The molecule has 2 aliphatic rings. The zero-order valence-electron chi connectivity index (χ0n) is 12.3. The van der Waals surface area contributed by atoms with Crippen molar-refractivity contribution in [1.29, 1.82) is 0 Å². The quantitative estimate of drug-likeness (QED) is 0.914. The number of fused-ring (bicyclic) bond motifs is 1. The fraction of sp³-hybridized carbons (Fsp3) is 0.312. The predicted molar refractivity (Wildman–Crippen MR) is 87.5 cm³/mol. The van der Waals surface area contributed by atoms with E-state index in [2.05, 4.69) is 15.0 Å². The molecule has 0 radical (unpaired) electrons. The van der Waals surface area contributed by atoms with Gasteiger partial charge in [-0.2, -0.15) is 0 Å². The SMILES string of the molecule is NC1=N[C@]2(c3cc(-c4cncnc4)ccc3F)COC[C@@H]2CS1. The Morgan fingerprint density at radius 1 is 1.26 bits per heavy atom. The first-order chi connectivity index (χ1) is 11.2. The maximum atomic E-state index is 14.6. The summed E-state index contributed by atoms with van der Waals surface area (Å²) in [5.41, 5.74) is 7.42. The summed E-state index contributed by atoms with van der Waals surface area (Å²) in [7, 11) is 0. The molecule has 4 rings (SSSR count). The highest BCUT2D eigenvalue weighted by Gasteiger charge is 2.49. The minimum absolute atomic E-state index is 0.122. The highest BCUT2D eigenvalue weighted by Crippen LogP contribution is 2.45. The monoisotopic (exact) mass is 330 g/mol. The molecule has 0 amide bonds. The third kappa shape index (κ3) is 2.40. The van der Waals surface area contributed by atoms with Gasteiger partial charge in [0.25, 0.3) is 0 Å². The molecule has 0 bridgehead atoms. The Morgan fingerprint density at radius 3 is 2.91 bits per heavy atom. The smallest absolute Gasteiger partial charge is 0.154 e. The molecule has 2 N–H and O–H groups in total. The number of aromatic nitrogens is 2. The molecule has 0 unspecified atom stereocenters. The van der Waals surface area contributed by atoms with Gasteiger partial charge in [0, 0.05) is 35.2 Å². The molecule has 1 aromatic carbocycles. The molecule has 1 aromatic heterocycles. The average Bonchev–Trinajstić information content (AvgIpc) is 3.00. The Kier molecular flexibility index (Phi) is 3.54. The van der Waals surface area contributed by atoms with Gasteiger partial charge < -0.3 is 10.5 Å². The lowest BCUT2D eigenvalue weighted by Crippen LogP contribution is -2.40. The van der Waals surface area contributed by atoms with Crippen LogP contribution >= 0.6 is 11.8 Å². The van der Waals surface area contributed by atoms with E-state index in [4.69, 9.17) is 10.5 Å². The number of nitrogens with zero attached hydrogens (tertiary/aromatic N) is 3. The molecule has 0 saturated carbocycles. The first-order valence-electron chi connectivity index (χ1n) is 7.30. The van der Waals surface area contributed by atoms with E-state index in [9.17, 15) is 4.39 Å². The fourth-order valence-electron chi connectivity index (χ4n) is 3.18. The van der Waals surface area contributed by atoms with Crippen LogP contribution in [0.4, 0.5) is 4.39 Å². The lowest BCUT2D eigenvalue weighted by Gasteiger charge is -2.34. The molecule has 1 fully saturated rings. The van der Waals surface area contributed by atoms with E-state index in [0.717, 1.165) is 16.9 Å². The highest BCUT2D eigenvalue weighted by atomic mass is 32.2. The lowest BCUT2D eigenvalue weighted by molar-refractivity contribution is 0.176. The van der Waals surface area contributed by atoms with Gasteiger partial charge in [0.1, 0.15) is 17.7 Å². The van der Waals surface area contributed by atoms with E-state index in [1.165, 1.54) is 24.2 Å². The first kappa shape index (κ1) is 14.6. The third-order valence-electron chi connectivity index (χ3n) is 4.39. The van der Waals surface area contributed by atoms with Crippen molar-refractivity contribution < 1.29 is 9.13 Å². The number of thioether (sulfide) groups is 1. The van der Waals surface area contributed by atoms with E-state index < -0.39 is 5.54 Å². The van der Waals surface area contributed by atoms with Crippen molar-refractivity contribution in [3.63, 3.8) is 0 Å².